The summed E-state index contributed by atoms with van der Waals surface area (Å²) in [6.07, 6.45) is 3.98. The van der Waals surface area contributed by atoms with Crippen LogP contribution >= 0.6 is 0 Å². The number of likely N-dealkylation sites (tertiary alicyclic amines) is 1. The first kappa shape index (κ1) is 19.4. The number of anilines is 1. The highest BCUT2D eigenvalue weighted by molar-refractivity contribution is 5.88. The Hall–Kier alpha value is -2.95. The van der Waals surface area contributed by atoms with E-state index >= 15 is 0 Å². The molecular formula is C18H25N7O4. The standard InChI is InChI=1S/C18H25N7O4/c1-28-10-25-9-21-14-15(19)22-13(23-16(14)25)3-2-11-4-6-24(7-5-11)18(27)29-12-8-20-17(12)26/h9,11-12H,2-8,10H2,1H3,(H,20,26)(H2,19,22,23). The van der Waals surface area contributed by atoms with Crippen molar-refractivity contribution in [3.63, 3.8) is 0 Å². The largest absolute Gasteiger partial charge is 0.434 e. The van der Waals surface area contributed by atoms with Gasteiger partial charge in [-0.25, -0.2) is 19.7 Å². The normalized spacial score (nSPS) is 19.8. The number of carbonyl (C=O) groups excluding carboxylic acids is 2. The molecule has 1 unspecified atom stereocenters. The summed E-state index contributed by atoms with van der Waals surface area (Å²) in [6, 6.07) is 0. The molecule has 156 valence electrons. The van der Waals surface area contributed by atoms with Gasteiger partial charge < -0.3 is 25.4 Å². The van der Waals surface area contributed by atoms with Gasteiger partial charge in [0.15, 0.2) is 17.6 Å². The van der Waals surface area contributed by atoms with E-state index in [0.717, 1.165) is 19.3 Å². The summed E-state index contributed by atoms with van der Waals surface area (Å²) in [5.74, 6) is 1.30. The predicted molar refractivity (Wildman–Crippen MR) is 103 cm³/mol. The fraction of sp³-hybridized carbons (Fsp3) is 0.611. The summed E-state index contributed by atoms with van der Waals surface area (Å²) in [6.45, 7) is 2.00. The molecule has 0 aliphatic carbocycles. The molecule has 11 nitrogen and oxygen atoms in total. The zero-order valence-electron chi connectivity index (χ0n) is 16.3. The SMILES string of the molecule is COCn1cnc2c(N)nc(CCC3CCN(C(=O)OC4CNC4=O)CC3)nc21. The number of hydrogen-bond acceptors (Lipinski definition) is 8. The van der Waals surface area contributed by atoms with Crippen LogP contribution in [-0.2, 0) is 27.4 Å². The topological polar surface area (TPSA) is 137 Å². The Morgan fingerprint density at radius 2 is 2.14 bits per heavy atom. The number of hydrogen-bond donors (Lipinski definition) is 2. The number of nitrogens with one attached hydrogen (secondary N) is 1. The number of rotatable bonds is 6. The molecule has 2 aromatic heterocycles. The first-order valence-corrected chi connectivity index (χ1v) is 9.74. The fourth-order valence-corrected chi connectivity index (χ4v) is 3.66. The number of nitrogen functional groups attached to an aromatic ring is 1. The lowest BCUT2D eigenvalue weighted by Crippen LogP contribution is -2.56. The third kappa shape index (κ3) is 4.09. The first-order chi connectivity index (χ1) is 14.0. The molecule has 3 N–H and O–H groups in total. The number of nitrogens with zero attached hydrogens (tertiary/aromatic N) is 5. The molecule has 2 aromatic rings. The second-order valence-corrected chi connectivity index (χ2v) is 7.42. The Labute approximate surface area is 167 Å². The van der Waals surface area contributed by atoms with Crippen molar-refractivity contribution in [1.82, 2.24) is 29.7 Å². The van der Waals surface area contributed by atoms with Gasteiger partial charge in [0.2, 0.25) is 0 Å². The third-order valence-electron chi connectivity index (χ3n) is 5.45. The zero-order chi connectivity index (χ0) is 20.4. The van der Waals surface area contributed by atoms with Crippen LogP contribution in [0, 0.1) is 5.92 Å². The highest BCUT2D eigenvalue weighted by Crippen LogP contribution is 2.24. The number of fused-ring (bicyclic) bond motifs is 1. The Morgan fingerprint density at radius 1 is 1.34 bits per heavy atom. The molecule has 0 bridgehead atoms. The average molecular weight is 403 g/mol. The Balaban J connectivity index is 1.29. The van der Waals surface area contributed by atoms with Crippen LogP contribution in [-0.4, -0.2) is 69.3 Å². The highest BCUT2D eigenvalue weighted by Gasteiger charge is 2.34. The highest BCUT2D eigenvalue weighted by atomic mass is 16.6. The minimum absolute atomic E-state index is 0.226. The number of amides is 2. The van der Waals surface area contributed by atoms with E-state index in [1.807, 2.05) is 0 Å². The van der Waals surface area contributed by atoms with E-state index in [2.05, 4.69) is 20.3 Å². The minimum atomic E-state index is -0.635. The van der Waals surface area contributed by atoms with E-state index in [1.54, 1.807) is 22.9 Å². The van der Waals surface area contributed by atoms with Crippen molar-refractivity contribution >= 4 is 29.0 Å². The van der Waals surface area contributed by atoms with Gasteiger partial charge in [-0.3, -0.25) is 9.36 Å². The molecule has 29 heavy (non-hydrogen) atoms. The zero-order valence-corrected chi connectivity index (χ0v) is 16.3. The second-order valence-electron chi connectivity index (χ2n) is 7.42. The van der Waals surface area contributed by atoms with Gasteiger partial charge in [-0.05, 0) is 25.2 Å². The van der Waals surface area contributed by atoms with E-state index in [4.69, 9.17) is 15.2 Å². The number of imidazole rings is 1. The van der Waals surface area contributed by atoms with Crippen molar-refractivity contribution in [3.05, 3.63) is 12.2 Å². The molecule has 11 heteroatoms. The third-order valence-corrected chi connectivity index (χ3v) is 5.45. The molecule has 2 amide bonds. The summed E-state index contributed by atoms with van der Waals surface area (Å²) in [4.78, 5) is 38.3. The number of methoxy groups -OCH3 is 1. The number of ether oxygens (including phenoxy) is 2. The van der Waals surface area contributed by atoms with Crippen LogP contribution in [0.2, 0.25) is 0 Å². The number of β-lactam (4-membered cyclic amide) rings is 1. The molecule has 2 fully saturated rings. The maximum Gasteiger partial charge on any atom is 0.410 e. The molecule has 4 heterocycles. The number of aryl methyl sites for hydroxylation is 1. The summed E-state index contributed by atoms with van der Waals surface area (Å²) < 4.78 is 12.2. The smallest absolute Gasteiger partial charge is 0.410 e. The Bertz CT molecular complexity index is 907. The van der Waals surface area contributed by atoms with Crippen LogP contribution in [0.15, 0.2) is 6.33 Å². The molecule has 2 saturated heterocycles. The van der Waals surface area contributed by atoms with E-state index in [0.29, 0.717) is 61.5 Å². The van der Waals surface area contributed by atoms with Crippen molar-refractivity contribution in [2.45, 2.75) is 38.5 Å². The fourth-order valence-electron chi connectivity index (χ4n) is 3.66. The molecule has 0 aromatic carbocycles. The van der Waals surface area contributed by atoms with E-state index in [1.165, 1.54) is 0 Å². The van der Waals surface area contributed by atoms with E-state index in [-0.39, 0.29) is 5.91 Å². The lowest BCUT2D eigenvalue weighted by molar-refractivity contribution is -0.138. The second kappa shape index (κ2) is 8.19. The van der Waals surface area contributed by atoms with Gasteiger partial charge in [0, 0.05) is 26.6 Å². The monoisotopic (exact) mass is 403 g/mol. The van der Waals surface area contributed by atoms with Gasteiger partial charge in [-0.2, -0.15) is 0 Å². The van der Waals surface area contributed by atoms with Gasteiger partial charge in [0.25, 0.3) is 5.91 Å². The van der Waals surface area contributed by atoms with Crippen LogP contribution in [0.5, 0.6) is 0 Å². The van der Waals surface area contributed by atoms with Crippen LogP contribution in [0.4, 0.5) is 10.6 Å². The van der Waals surface area contributed by atoms with Crippen LogP contribution in [0.25, 0.3) is 11.2 Å². The predicted octanol–water partition coefficient (Wildman–Crippen LogP) is 0.292. The van der Waals surface area contributed by atoms with Crippen molar-refractivity contribution in [2.75, 3.05) is 32.5 Å². The van der Waals surface area contributed by atoms with Crippen LogP contribution in [0.1, 0.15) is 25.1 Å². The Kier molecular flexibility index (Phi) is 5.47. The lowest BCUT2D eigenvalue weighted by Gasteiger charge is -2.33. The quantitative estimate of drug-likeness (QED) is 0.657. The van der Waals surface area contributed by atoms with E-state index < -0.39 is 12.2 Å². The van der Waals surface area contributed by atoms with Gasteiger partial charge in [0.05, 0.1) is 12.9 Å². The maximum absolute atomic E-state index is 12.1. The molecule has 0 radical (unpaired) electrons. The molecular weight excluding hydrogens is 378 g/mol. The minimum Gasteiger partial charge on any atom is -0.434 e. The van der Waals surface area contributed by atoms with Crippen molar-refractivity contribution in [3.8, 4) is 0 Å². The summed E-state index contributed by atoms with van der Waals surface area (Å²) in [5.41, 5.74) is 7.29. The molecule has 0 spiro atoms. The van der Waals surface area contributed by atoms with Crippen LogP contribution in [0.3, 0.4) is 0 Å². The molecule has 0 saturated carbocycles. The first-order valence-electron chi connectivity index (χ1n) is 9.74. The average Bonchev–Trinajstić information content (AvgIpc) is 3.13. The van der Waals surface area contributed by atoms with Gasteiger partial charge in [-0.15, -0.1) is 0 Å². The molecule has 2 aliphatic heterocycles. The summed E-state index contributed by atoms with van der Waals surface area (Å²) in [5, 5.41) is 2.56. The lowest BCUT2D eigenvalue weighted by atomic mass is 9.92. The summed E-state index contributed by atoms with van der Waals surface area (Å²) in [7, 11) is 1.61. The summed E-state index contributed by atoms with van der Waals surface area (Å²) >= 11 is 0. The van der Waals surface area contributed by atoms with Gasteiger partial charge in [0.1, 0.15) is 18.1 Å². The van der Waals surface area contributed by atoms with Gasteiger partial charge >= 0.3 is 6.09 Å². The number of carbonyl (C=O) groups is 2. The molecule has 2 aliphatic rings. The molecule has 4 rings (SSSR count). The van der Waals surface area contributed by atoms with Crippen molar-refractivity contribution < 1.29 is 19.1 Å². The number of aromatic nitrogens is 4. The van der Waals surface area contributed by atoms with Crippen LogP contribution < -0.4 is 11.1 Å². The number of nitrogens with two attached hydrogens (primary N) is 1. The maximum atomic E-state index is 12.1. The van der Waals surface area contributed by atoms with E-state index in [9.17, 15) is 9.59 Å². The Morgan fingerprint density at radius 3 is 2.79 bits per heavy atom. The molecule has 1 atom stereocenters. The van der Waals surface area contributed by atoms with Gasteiger partial charge in [-0.1, -0.05) is 0 Å². The number of piperidine rings is 1. The van der Waals surface area contributed by atoms with Crippen molar-refractivity contribution in [2.24, 2.45) is 5.92 Å². The van der Waals surface area contributed by atoms with Crippen molar-refractivity contribution in [1.29, 1.82) is 0 Å².